The van der Waals surface area contributed by atoms with E-state index in [9.17, 15) is 9.90 Å². The van der Waals surface area contributed by atoms with Gasteiger partial charge in [0.05, 0.1) is 11.0 Å². The Morgan fingerprint density at radius 2 is 1.86 bits per heavy atom. The third-order valence-electron chi connectivity index (χ3n) is 4.01. The summed E-state index contributed by atoms with van der Waals surface area (Å²) < 4.78 is 1.89. The zero-order chi connectivity index (χ0) is 15.9. The van der Waals surface area contributed by atoms with Gasteiger partial charge in [-0.15, -0.1) is 0 Å². The minimum Gasteiger partial charge on any atom is -0.480 e. The fraction of sp³-hybridized carbons (Fsp3) is 0.529. The zero-order valence-electron chi connectivity index (χ0n) is 13.7. The predicted molar refractivity (Wildman–Crippen MR) is 84.7 cm³/mol. The topological polar surface area (TPSA) is 55.1 Å². The molecular formula is C17H24N2O2. The highest BCUT2D eigenvalue weighted by Gasteiger charge is 2.33. The number of benzene rings is 1. The second-order valence-electron chi connectivity index (χ2n) is 6.75. The zero-order valence-corrected chi connectivity index (χ0v) is 13.7. The summed E-state index contributed by atoms with van der Waals surface area (Å²) in [5.41, 5.74) is 3.10. The van der Waals surface area contributed by atoms with Crippen LogP contribution in [0.3, 0.4) is 0 Å². The predicted octanol–water partition coefficient (Wildman–Crippen LogP) is 3.67. The van der Waals surface area contributed by atoms with E-state index < -0.39 is 11.5 Å². The highest BCUT2D eigenvalue weighted by molar-refractivity contribution is 5.83. The number of aryl methyl sites for hydroxylation is 2. The van der Waals surface area contributed by atoms with Gasteiger partial charge >= 0.3 is 5.97 Å². The molecule has 0 atom stereocenters. The number of fused-ring (bicyclic) bond motifs is 1. The molecule has 1 aromatic carbocycles. The van der Waals surface area contributed by atoms with Crippen LogP contribution in [0, 0.1) is 19.8 Å². The normalized spacial score (nSPS) is 12.3. The lowest BCUT2D eigenvalue weighted by atomic mass is 10.0. The van der Waals surface area contributed by atoms with Gasteiger partial charge in [-0.05, 0) is 56.9 Å². The van der Waals surface area contributed by atoms with Crippen molar-refractivity contribution in [3.63, 3.8) is 0 Å². The summed E-state index contributed by atoms with van der Waals surface area (Å²) >= 11 is 0. The van der Waals surface area contributed by atoms with E-state index in [-0.39, 0.29) is 0 Å². The number of carboxylic acids is 1. The fourth-order valence-electron chi connectivity index (χ4n) is 2.60. The third-order valence-corrected chi connectivity index (χ3v) is 4.01. The van der Waals surface area contributed by atoms with Gasteiger partial charge in [0.25, 0.3) is 0 Å². The Kier molecular flexibility index (Phi) is 3.83. The van der Waals surface area contributed by atoms with Gasteiger partial charge in [-0.3, -0.25) is 0 Å². The summed E-state index contributed by atoms with van der Waals surface area (Å²) in [5, 5.41) is 9.61. The first-order chi connectivity index (χ1) is 9.64. The van der Waals surface area contributed by atoms with Crippen LogP contribution in [0.1, 0.15) is 44.6 Å². The lowest BCUT2D eigenvalue weighted by Gasteiger charge is -2.25. The molecule has 0 aliphatic rings. The third kappa shape index (κ3) is 2.67. The Labute approximate surface area is 125 Å². The van der Waals surface area contributed by atoms with Gasteiger partial charge in [0.2, 0.25) is 0 Å². The van der Waals surface area contributed by atoms with Crippen molar-refractivity contribution in [3.05, 3.63) is 29.1 Å². The molecule has 0 amide bonds. The Hall–Kier alpha value is -1.84. The van der Waals surface area contributed by atoms with E-state index in [1.807, 2.05) is 23.6 Å². The molecule has 0 bridgehead atoms. The van der Waals surface area contributed by atoms with Crippen LogP contribution in [0.4, 0.5) is 0 Å². The molecule has 2 rings (SSSR count). The van der Waals surface area contributed by atoms with E-state index in [1.165, 1.54) is 5.56 Å². The quantitative estimate of drug-likeness (QED) is 0.934. The second-order valence-corrected chi connectivity index (χ2v) is 6.75. The standard InChI is InChI=1S/C17H24N2O2/c1-10(2)7-15-18-13-8-11(3)12(4)9-14(13)19(15)17(5,6)16(20)21/h8-10H,7H2,1-6H3,(H,20,21). The first-order valence-corrected chi connectivity index (χ1v) is 7.37. The summed E-state index contributed by atoms with van der Waals surface area (Å²) in [7, 11) is 0. The molecule has 0 saturated carbocycles. The molecule has 0 saturated heterocycles. The Morgan fingerprint density at radius 3 is 2.38 bits per heavy atom. The van der Waals surface area contributed by atoms with Crippen LogP contribution >= 0.6 is 0 Å². The van der Waals surface area contributed by atoms with Crippen LogP contribution in [0.5, 0.6) is 0 Å². The number of rotatable bonds is 4. The molecule has 21 heavy (non-hydrogen) atoms. The van der Waals surface area contributed by atoms with Crippen LogP contribution in [0.15, 0.2) is 12.1 Å². The highest BCUT2D eigenvalue weighted by Crippen LogP contribution is 2.29. The minimum absolute atomic E-state index is 0.423. The number of nitrogens with zero attached hydrogens (tertiary/aromatic N) is 2. The van der Waals surface area contributed by atoms with Crippen molar-refractivity contribution in [1.29, 1.82) is 0 Å². The van der Waals surface area contributed by atoms with Crippen molar-refractivity contribution in [2.45, 2.75) is 53.5 Å². The van der Waals surface area contributed by atoms with Gasteiger partial charge in [-0.2, -0.15) is 0 Å². The number of carboxylic acid groups (broad SMARTS) is 1. The van der Waals surface area contributed by atoms with Crippen LogP contribution in [0.25, 0.3) is 11.0 Å². The van der Waals surface area contributed by atoms with Crippen LogP contribution in [-0.4, -0.2) is 20.6 Å². The minimum atomic E-state index is -1.01. The van der Waals surface area contributed by atoms with Crippen molar-refractivity contribution < 1.29 is 9.90 Å². The Morgan fingerprint density at radius 1 is 1.29 bits per heavy atom. The van der Waals surface area contributed by atoms with Crippen molar-refractivity contribution in [3.8, 4) is 0 Å². The molecule has 0 aliphatic carbocycles. The van der Waals surface area contributed by atoms with Crippen LogP contribution in [0.2, 0.25) is 0 Å². The molecule has 1 N–H and O–H groups in total. The van der Waals surface area contributed by atoms with Crippen LogP contribution < -0.4 is 0 Å². The molecule has 0 aliphatic heterocycles. The number of carbonyl (C=O) groups is 1. The lowest BCUT2D eigenvalue weighted by molar-refractivity contribution is -0.145. The average molecular weight is 288 g/mol. The monoisotopic (exact) mass is 288 g/mol. The summed E-state index contributed by atoms with van der Waals surface area (Å²) in [6.07, 6.45) is 0.767. The van der Waals surface area contributed by atoms with E-state index in [0.717, 1.165) is 28.8 Å². The van der Waals surface area contributed by atoms with Crippen molar-refractivity contribution >= 4 is 17.0 Å². The molecule has 0 radical (unpaired) electrons. The van der Waals surface area contributed by atoms with E-state index in [2.05, 4.69) is 20.8 Å². The van der Waals surface area contributed by atoms with Gasteiger partial charge in [0.1, 0.15) is 11.4 Å². The average Bonchev–Trinajstić information content (AvgIpc) is 2.66. The van der Waals surface area contributed by atoms with Crippen LogP contribution in [-0.2, 0) is 16.8 Å². The van der Waals surface area contributed by atoms with Gasteiger partial charge in [0.15, 0.2) is 0 Å². The van der Waals surface area contributed by atoms with Gasteiger partial charge in [-0.1, -0.05) is 13.8 Å². The molecule has 1 heterocycles. The van der Waals surface area contributed by atoms with Gasteiger partial charge < -0.3 is 9.67 Å². The van der Waals surface area contributed by atoms with E-state index in [4.69, 9.17) is 4.98 Å². The lowest BCUT2D eigenvalue weighted by Crippen LogP contribution is -2.37. The summed E-state index contributed by atoms with van der Waals surface area (Å²) in [6.45, 7) is 11.8. The molecule has 0 unspecified atom stereocenters. The van der Waals surface area contributed by atoms with Gasteiger partial charge in [0, 0.05) is 6.42 Å². The molecule has 4 heteroatoms. The summed E-state index contributed by atoms with van der Waals surface area (Å²) in [6, 6.07) is 4.09. The number of imidazole rings is 1. The molecule has 0 fully saturated rings. The smallest absolute Gasteiger partial charge is 0.329 e. The fourth-order valence-corrected chi connectivity index (χ4v) is 2.60. The first kappa shape index (κ1) is 15.5. The number of hydrogen-bond acceptors (Lipinski definition) is 2. The maximum atomic E-state index is 11.7. The molecule has 1 aromatic heterocycles. The van der Waals surface area contributed by atoms with E-state index in [0.29, 0.717) is 5.92 Å². The maximum Gasteiger partial charge on any atom is 0.329 e. The first-order valence-electron chi connectivity index (χ1n) is 7.37. The van der Waals surface area contributed by atoms with Crippen molar-refractivity contribution in [1.82, 2.24) is 9.55 Å². The summed E-state index contributed by atoms with van der Waals surface area (Å²) in [4.78, 5) is 16.4. The highest BCUT2D eigenvalue weighted by atomic mass is 16.4. The number of aliphatic carboxylic acids is 1. The number of hydrogen-bond donors (Lipinski definition) is 1. The SMILES string of the molecule is Cc1cc2nc(CC(C)C)n(C(C)(C)C(=O)O)c2cc1C. The van der Waals surface area contributed by atoms with E-state index in [1.54, 1.807) is 13.8 Å². The number of aromatic nitrogens is 2. The van der Waals surface area contributed by atoms with E-state index >= 15 is 0 Å². The Balaban J connectivity index is 2.80. The van der Waals surface area contributed by atoms with Gasteiger partial charge in [-0.25, -0.2) is 9.78 Å². The Bertz CT molecular complexity index is 696. The molecule has 4 nitrogen and oxygen atoms in total. The molecule has 114 valence electrons. The largest absolute Gasteiger partial charge is 0.480 e. The maximum absolute atomic E-state index is 11.7. The summed E-state index contributed by atoms with van der Waals surface area (Å²) in [5.74, 6) is 0.426. The second kappa shape index (κ2) is 5.17. The molecule has 2 aromatic rings. The molecule has 0 spiro atoms. The van der Waals surface area contributed by atoms with Crippen molar-refractivity contribution in [2.24, 2.45) is 5.92 Å². The molecular weight excluding hydrogens is 264 g/mol. The van der Waals surface area contributed by atoms with Crippen molar-refractivity contribution in [2.75, 3.05) is 0 Å².